The number of pyridine rings is 1. The first kappa shape index (κ1) is 18.6. The fourth-order valence-electron chi connectivity index (χ4n) is 3.00. The minimum Gasteiger partial charge on any atom is -0.496 e. The molecule has 2 aromatic carbocycles. The summed E-state index contributed by atoms with van der Waals surface area (Å²) in [5.41, 5.74) is 2.22. The SMILES string of the molecule is COc1ccccc1CNC(=O)c1ccc(Nc2ccc3c(c2)OCCO3)nc1. The first-order valence-electron chi connectivity index (χ1n) is 9.26. The molecule has 0 saturated heterocycles. The number of amides is 1. The van der Waals surface area contributed by atoms with Gasteiger partial charge in [0.2, 0.25) is 0 Å². The molecule has 7 heteroatoms. The number of benzene rings is 2. The van der Waals surface area contributed by atoms with Gasteiger partial charge in [-0.25, -0.2) is 4.98 Å². The molecule has 4 rings (SSSR count). The number of nitrogens with one attached hydrogen (secondary N) is 2. The van der Waals surface area contributed by atoms with Gasteiger partial charge >= 0.3 is 0 Å². The van der Waals surface area contributed by atoms with E-state index in [2.05, 4.69) is 15.6 Å². The van der Waals surface area contributed by atoms with Crippen LogP contribution in [0.1, 0.15) is 15.9 Å². The molecule has 2 N–H and O–H groups in total. The van der Waals surface area contributed by atoms with Crippen LogP contribution in [0.2, 0.25) is 0 Å². The summed E-state index contributed by atoms with van der Waals surface area (Å²) in [6.45, 7) is 1.47. The van der Waals surface area contributed by atoms with Crippen molar-refractivity contribution in [2.24, 2.45) is 0 Å². The van der Waals surface area contributed by atoms with Crippen LogP contribution in [0.5, 0.6) is 17.2 Å². The Labute approximate surface area is 168 Å². The van der Waals surface area contributed by atoms with E-state index in [1.165, 1.54) is 6.20 Å². The second kappa shape index (κ2) is 8.52. The van der Waals surface area contributed by atoms with E-state index in [1.54, 1.807) is 19.2 Å². The molecule has 3 aromatic rings. The molecule has 7 nitrogen and oxygen atoms in total. The second-order valence-electron chi connectivity index (χ2n) is 6.41. The second-order valence-corrected chi connectivity index (χ2v) is 6.41. The van der Waals surface area contributed by atoms with Gasteiger partial charge in [-0.15, -0.1) is 0 Å². The Hall–Kier alpha value is -3.74. The van der Waals surface area contributed by atoms with Crippen LogP contribution in [0, 0.1) is 0 Å². The van der Waals surface area contributed by atoms with Crippen molar-refractivity contribution in [2.45, 2.75) is 6.54 Å². The van der Waals surface area contributed by atoms with Gasteiger partial charge in [-0.3, -0.25) is 4.79 Å². The molecule has 0 bridgehead atoms. The molecular weight excluding hydrogens is 370 g/mol. The number of para-hydroxylation sites is 1. The molecule has 1 amide bonds. The van der Waals surface area contributed by atoms with Gasteiger partial charge in [0.1, 0.15) is 24.8 Å². The molecule has 0 saturated carbocycles. The van der Waals surface area contributed by atoms with Crippen LogP contribution < -0.4 is 24.8 Å². The van der Waals surface area contributed by atoms with Crippen molar-refractivity contribution in [3.63, 3.8) is 0 Å². The molecule has 0 fully saturated rings. The number of carbonyl (C=O) groups is 1. The number of ether oxygens (including phenoxy) is 3. The quantitative estimate of drug-likeness (QED) is 0.669. The highest BCUT2D eigenvalue weighted by molar-refractivity contribution is 5.94. The molecule has 148 valence electrons. The predicted octanol–water partition coefficient (Wildman–Crippen LogP) is 3.54. The molecule has 29 heavy (non-hydrogen) atoms. The number of carbonyl (C=O) groups excluding carboxylic acids is 1. The zero-order valence-electron chi connectivity index (χ0n) is 16.0. The van der Waals surface area contributed by atoms with Crippen LogP contribution in [0.25, 0.3) is 0 Å². The summed E-state index contributed by atoms with van der Waals surface area (Å²) in [7, 11) is 1.61. The number of hydrogen-bond donors (Lipinski definition) is 2. The van der Waals surface area contributed by atoms with Crippen LogP contribution in [-0.2, 0) is 6.54 Å². The van der Waals surface area contributed by atoms with E-state index >= 15 is 0 Å². The number of anilines is 2. The molecule has 1 aromatic heterocycles. The number of hydrogen-bond acceptors (Lipinski definition) is 6. The Bertz CT molecular complexity index is 1010. The topological polar surface area (TPSA) is 81.7 Å². The van der Waals surface area contributed by atoms with Gasteiger partial charge in [-0.1, -0.05) is 18.2 Å². The highest BCUT2D eigenvalue weighted by atomic mass is 16.6. The maximum absolute atomic E-state index is 12.4. The van der Waals surface area contributed by atoms with Gasteiger partial charge < -0.3 is 24.8 Å². The minimum atomic E-state index is -0.200. The van der Waals surface area contributed by atoms with Crippen molar-refractivity contribution >= 4 is 17.4 Å². The molecule has 0 spiro atoms. The van der Waals surface area contributed by atoms with E-state index in [4.69, 9.17) is 14.2 Å². The lowest BCUT2D eigenvalue weighted by molar-refractivity contribution is 0.0950. The molecule has 0 atom stereocenters. The standard InChI is InChI=1S/C22H21N3O4/c1-27-18-5-3-2-4-15(18)13-24-22(26)16-6-9-21(23-14-16)25-17-7-8-19-20(12-17)29-11-10-28-19/h2-9,12,14H,10-11,13H2,1H3,(H,23,25)(H,24,26). The lowest BCUT2D eigenvalue weighted by Crippen LogP contribution is -2.23. The summed E-state index contributed by atoms with van der Waals surface area (Å²) < 4.78 is 16.4. The van der Waals surface area contributed by atoms with E-state index in [9.17, 15) is 4.79 Å². The number of methoxy groups -OCH3 is 1. The first-order chi connectivity index (χ1) is 14.2. The zero-order chi connectivity index (χ0) is 20.1. The van der Waals surface area contributed by atoms with E-state index in [0.29, 0.717) is 36.9 Å². The van der Waals surface area contributed by atoms with Crippen LogP contribution >= 0.6 is 0 Å². The minimum absolute atomic E-state index is 0.200. The van der Waals surface area contributed by atoms with Gasteiger partial charge in [0.25, 0.3) is 5.91 Å². The maximum atomic E-state index is 12.4. The average Bonchev–Trinajstić information content (AvgIpc) is 2.78. The normalized spacial score (nSPS) is 12.2. The number of nitrogens with zero attached hydrogens (tertiary/aromatic N) is 1. The van der Waals surface area contributed by atoms with Crippen molar-refractivity contribution < 1.29 is 19.0 Å². The Morgan fingerprint density at radius 1 is 1.07 bits per heavy atom. The van der Waals surface area contributed by atoms with Crippen molar-refractivity contribution in [3.8, 4) is 17.2 Å². The molecule has 0 unspecified atom stereocenters. The van der Waals surface area contributed by atoms with E-state index in [0.717, 1.165) is 22.7 Å². The Morgan fingerprint density at radius 2 is 1.90 bits per heavy atom. The molecule has 1 aliphatic rings. The largest absolute Gasteiger partial charge is 0.496 e. The van der Waals surface area contributed by atoms with E-state index in [-0.39, 0.29) is 5.91 Å². The van der Waals surface area contributed by atoms with Gasteiger partial charge in [0, 0.05) is 30.1 Å². The summed E-state index contributed by atoms with van der Waals surface area (Å²) in [5.74, 6) is 2.60. The summed E-state index contributed by atoms with van der Waals surface area (Å²) in [4.78, 5) is 16.7. The monoisotopic (exact) mass is 391 g/mol. The van der Waals surface area contributed by atoms with Gasteiger partial charge in [-0.2, -0.15) is 0 Å². The molecule has 0 aliphatic carbocycles. The average molecular weight is 391 g/mol. The smallest absolute Gasteiger partial charge is 0.253 e. The number of aromatic nitrogens is 1. The van der Waals surface area contributed by atoms with Crippen molar-refractivity contribution in [1.29, 1.82) is 0 Å². The van der Waals surface area contributed by atoms with Crippen LogP contribution in [0.4, 0.5) is 11.5 Å². The van der Waals surface area contributed by atoms with Crippen LogP contribution in [-0.4, -0.2) is 31.2 Å². The zero-order valence-corrected chi connectivity index (χ0v) is 16.0. The Balaban J connectivity index is 1.38. The number of rotatable bonds is 6. The van der Waals surface area contributed by atoms with E-state index in [1.807, 2.05) is 42.5 Å². The number of fused-ring (bicyclic) bond motifs is 1. The molecule has 0 radical (unpaired) electrons. The van der Waals surface area contributed by atoms with E-state index < -0.39 is 0 Å². The summed E-state index contributed by atoms with van der Waals surface area (Å²) in [6, 6.07) is 16.7. The van der Waals surface area contributed by atoms with Crippen molar-refractivity contribution in [3.05, 3.63) is 71.9 Å². The summed E-state index contributed by atoms with van der Waals surface area (Å²) in [6.07, 6.45) is 1.54. The third-order valence-electron chi connectivity index (χ3n) is 4.47. The lowest BCUT2D eigenvalue weighted by Gasteiger charge is -2.19. The summed E-state index contributed by atoms with van der Waals surface area (Å²) in [5, 5.41) is 6.08. The lowest BCUT2D eigenvalue weighted by atomic mass is 10.2. The fourth-order valence-corrected chi connectivity index (χ4v) is 3.00. The Morgan fingerprint density at radius 3 is 2.69 bits per heavy atom. The highest BCUT2D eigenvalue weighted by Gasteiger charge is 2.12. The van der Waals surface area contributed by atoms with Gasteiger partial charge in [0.05, 0.1) is 12.7 Å². The maximum Gasteiger partial charge on any atom is 0.253 e. The molecule has 2 heterocycles. The third kappa shape index (κ3) is 4.40. The summed E-state index contributed by atoms with van der Waals surface area (Å²) >= 11 is 0. The third-order valence-corrected chi connectivity index (χ3v) is 4.47. The first-order valence-corrected chi connectivity index (χ1v) is 9.26. The van der Waals surface area contributed by atoms with Gasteiger partial charge in [-0.05, 0) is 30.3 Å². The molecule has 1 aliphatic heterocycles. The van der Waals surface area contributed by atoms with Crippen LogP contribution in [0.3, 0.4) is 0 Å². The van der Waals surface area contributed by atoms with Gasteiger partial charge in [0.15, 0.2) is 11.5 Å². The fraction of sp³-hybridized carbons (Fsp3) is 0.182. The molecular formula is C22H21N3O4. The van der Waals surface area contributed by atoms with Crippen molar-refractivity contribution in [2.75, 3.05) is 25.6 Å². The van der Waals surface area contributed by atoms with Crippen LogP contribution in [0.15, 0.2) is 60.8 Å². The van der Waals surface area contributed by atoms with Crippen molar-refractivity contribution in [1.82, 2.24) is 10.3 Å². The highest BCUT2D eigenvalue weighted by Crippen LogP contribution is 2.33. The Kier molecular flexibility index (Phi) is 5.47. The predicted molar refractivity (Wildman–Crippen MR) is 109 cm³/mol.